The molecule has 0 aromatic heterocycles. The van der Waals surface area contributed by atoms with Crippen LogP contribution in [0.3, 0.4) is 0 Å². The van der Waals surface area contributed by atoms with Crippen LogP contribution in [0, 0.1) is 23.2 Å². The first-order chi connectivity index (χ1) is 19.2. The molecule has 0 heterocycles. The summed E-state index contributed by atoms with van der Waals surface area (Å²) in [4.78, 5) is 28.0. The topological polar surface area (TPSA) is 65.1 Å². The second-order valence-electron chi connectivity index (χ2n) is 12.4. The molecule has 1 amide bonds. The van der Waals surface area contributed by atoms with Gasteiger partial charge in [0.1, 0.15) is 5.75 Å². The van der Waals surface area contributed by atoms with Crippen molar-refractivity contribution in [3.63, 3.8) is 0 Å². The van der Waals surface area contributed by atoms with Crippen molar-refractivity contribution >= 4 is 11.7 Å². The smallest absolute Gasteiger partial charge is 0.253 e. The van der Waals surface area contributed by atoms with Gasteiger partial charge in [-0.1, -0.05) is 13.0 Å². The highest BCUT2D eigenvalue weighted by atomic mass is 16.5. The van der Waals surface area contributed by atoms with Gasteiger partial charge in [0, 0.05) is 30.6 Å². The molecule has 0 N–H and O–H groups in total. The van der Waals surface area contributed by atoms with E-state index in [0.717, 1.165) is 37.0 Å². The number of hydrogen-bond acceptors (Lipinski definition) is 5. The quantitative estimate of drug-likeness (QED) is 0.333. The minimum absolute atomic E-state index is 0.00466. The SMILES string of the molecule is CCN(CC)C(=O)c1ccc(OCC2CCC3C4CC(=O)c5cc(OC(C)C)ccc5C4CCC23C)c(OC)c1. The second kappa shape index (κ2) is 11.5. The lowest BCUT2D eigenvalue weighted by molar-refractivity contribution is 0.0140. The van der Waals surface area contributed by atoms with Crippen molar-refractivity contribution < 1.29 is 23.8 Å². The Labute approximate surface area is 239 Å². The minimum atomic E-state index is 0.00466. The zero-order chi connectivity index (χ0) is 28.6. The number of methoxy groups -OCH3 is 1. The summed E-state index contributed by atoms with van der Waals surface area (Å²) >= 11 is 0. The van der Waals surface area contributed by atoms with Crippen LogP contribution in [0.25, 0.3) is 0 Å². The van der Waals surface area contributed by atoms with E-state index in [4.69, 9.17) is 14.2 Å². The predicted octanol–water partition coefficient (Wildman–Crippen LogP) is 7.16. The summed E-state index contributed by atoms with van der Waals surface area (Å²) in [5, 5.41) is 0. The van der Waals surface area contributed by atoms with E-state index < -0.39 is 0 Å². The first-order valence-electron chi connectivity index (χ1n) is 15.1. The Hall–Kier alpha value is -3.02. The molecule has 0 saturated heterocycles. The van der Waals surface area contributed by atoms with Crippen molar-refractivity contribution in [1.82, 2.24) is 4.90 Å². The Morgan fingerprint density at radius 2 is 1.82 bits per heavy atom. The van der Waals surface area contributed by atoms with E-state index in [1.54, 1.807) is 18.1 Å². The monoisotopic (exact) mass is 547 g/mol. The van der Waals surface area contributed by atoms with Gasteiger partial charge in [-0.05, 0) is 118 Å². The maximum Gasteiger partial charge on any atom is 0.253 e. The number of carbonyl (C=O) groups is 2. The number of ether oxygens (including phenoxy) is 3. The summed E-state index contributed by atoms with van der Waals surface area (Å²) < 4.78 is 17.9. The zero-order valence-electron chi connectivity index (χ0n) is 25.0. The number of carbonyl (C=O) groups excluding carboxylic acids is 2. The fourth-order valence-electron chi connectivity index (χ4n) is 7.91. The molecule has 3 aliphatic rings. The van der Waals surface area contributed by atoms with Crippen LogP contribution in [0.2, 0.25) is 0 Å². The third kappa shape index (κ3) is 5.10. The zero-order valence-corrected chi connectivity index (χ0v) is 25.0. The number of fused-ring (bicyclic) bond motifs is 5. The summed E-state index contributed by atoms with van der Waals surface area (Å²) in [7, 11) is 1.62. The van der Waals surface area contributed by atoms with E-state index in [-0.39, 0.29) is 23.2 Å². The Morgan fingerprint density at radius 3 is 2.52 bits per heavy atom. The molecule has 3 aliphatic carbocycles. The van der Waals surface area contributed by atoms with E-state index in [1.165, 1.54) is 5.56 Å². The molecule has 216 valence electrons. The Kier molecular flexibility index (Phi) is 8.17. The third-order valence-electron chi connectivity index (χ3n) is 10.1. The van der Waals surface area contributed by atoms with Crippen LogP contribution in [-0.4, -0.2) is 49.5 Å². The molecule has 0 spiro atoms. The summed E-state index contributed by atoms with van der Waals surface area (Å²) in [5.41, 5.74) is 2.86. The third-order valence-corrected chi connectivity index (χ3v) is 10.1. The maximum absolute atomic E-state index is 13.4. The van der Waals surface area contributed by atoms with Crippen LogP contribution in [0.1, 0.15) is 98.9 Å². The highest BCUT2D eigenvalue weighted by Crippen LogP contribution is 2.63. The molecule has 0 aliphatic heterocycles. The Bertz CT molecular complexity index is 1250. The van der Waals surface area contributed by atoms with Gasteiger partial charge in [-0.2, -0.15) is 0 Å². The van der Waals surface area contributed by atoms with E-state index in [2.05, 4.69) is 13.0 Å². The fraction of sp³-hybridized carbons (Fsp3) is 0.588. The van der Waals surface area contributed by atoms with E-state index in [0.29, 0.717) is 66.9 Å². The van der Waals surface area contributed by atoms with Gasteiger partial charge >= 0.3 is 0 Å². The summed E-state index contributed by atoms with van der Waals surface area (Å²) in [6.07, 6.45) is 5.20. The van der Waals surface area contributed by atoms with E-state index in [1.807, 2.05) is 52.0 Å². The van der Waals surface area contributed by atoms with Crippen molar-refractivity contribution in [2.24, 2.45) is 23.2 Å². The molecule has 0 bridgehead atoms. The molecule has 5 atom stereocenters. The van der Waals surface area contributed by atoms with Crippen LogP contribution in [-0.2, 0) is 0 Å². The van der Waals surface area contributed by atoms with Crippen molar-refractivity contribution in [3.8, 4) is 17.2 Å². The van der Waals surface area contributed by atoms with Gasteiger partial charge < -0.3 is 19.1 Å². The normalized spacial score (nSPS) is 27.0. The first-order valence-corrected chi connectivity index (χ1v) is 15.1. The predicted molar refractivity (Wildman–Crippen MR) is 157 cm³/mol. The van der Waals surface area contributed by atoms with Crippen molar-refractivity contribution in [2.75, 3.05) is 26.8 Å². The first kappa shape index (κ1) is 28.5. The van der Waals surface area contributed by atoms with Gasteiger partial charge in [-0.15, -0.1) is 0 Å². The van der Waals surface area contributed by atoms with Crippen LogP contribution >= 0.6 is 0 Å². The van der Waals surface area contributed by atoms with Gasteiger partial charge in [-0.3, -0.25) is 9.59 Å². The average molecular weight is 548 g/mol. The largest absolute Gasteiger partial charge is 0.493 e. The van der Waals surface area contributed by atoms with Gasteiger partial charge in [0.05, 0.1) is 19.8 Å². The molecule has 6 heteroatoms. The van der Waals surface area contributed by atoms with Gasteiger partial charge in [0.15, 0.2) is 17.3 Å². The molecule has 6 nitrogen and oxygen atoms in total. The Morgan fingerprint density at radius 1 is 1.05 bits per heavy atom. The average Bonchev–Trinajstić information content (AvgIpc) is 3.28. The summed E-state index contributed by atoms with van der Waals surface area (Å²) in [5.74, 6) is 4.09. The number of nitrogens with zero attached hydrogens (tertiary/aromatic N) is 1. The number of amides is 1. The van der Waals surface area contributed by atoms with Crippen molar-refractivity contribution in [3.05, 3.63) is 53.1 Å². The lowest BCUT2D eigenvalue weighted by Crippen LogP contribution is -2.44. The molecule has 2 fully saturated rings. The summed E-state index contributed by atoms with van der Waals surface area (Å²) in [6.45, 7) is 12.4. The lowest BCUT2D eigenvalue weighted by atomic mass is 9.54. The Balaban J connectivity index is 1.29. The van der Waals surface area contributed by atoms with E-state index in [9.17, 15) is 9.59 Å². The number of rotatable bonds is 9. The maximum atomic E-state index is 13.4. The number of hydrogen-bond donors (Lipinski definition) is 0. The molecular weight excluding hydrogens is 502 g/mol. The highest BCUT2D eigenvalue weighted by molar-refractivity contribution is 5.99. The molecule has 2 aromatic rings. The molecule has 2 aromatic carbocycles. The molecule has 2 saturated carbocycles. The van der Waals surface area contributed by atoms with Crippen LogP contribution < -0.4 is 14.2 Å². The molecular formula is C34H45NO5. The fourth-order valence-corrected chi connectivity index (χ4v) is 7.91. The van der Waals surface area contributed by atoms with Crippen molar-refractivity contribution in [2.45, 2.75) is 78.7 Å². The van der Waals surface area contributed by atoms with Crippen LogP contribution in [0.4, 0.5) is 0 Å². The second-order valence-corrected chi connectivity index (χ2v) is 12.4. The standard InChI is InChI=1S/C34H45NO5/c1-7-35(8-2)33(37)22-9-14-31(32(17-22)38-6)39-20-23-10-13-29-27-19-30(36)28-18-24(40-21(3)4)11-12-25(28)26(27)15-16-34(23,29)5/h9,11-12,14,17-18,21,23,26-27,29H,7-8,10,13,15-16,19-20H2,1-6H3. The number of Topliss-reactive ketones (excluding diaryl/α,β-unsaturated/α-hetero) is 1. The van der Waals surface area contributed by atoms with Crippen molar-refractivity contribution in [1.29, 1.82) is 0 Å². The van der Waals surface area contributed by atoms with Gasteiger partial charge in [0.2, 0.25) is 0 Å². The van der Waals surface area contributed by atoms with Crippen LogP contribution in [0.15, 0.2) is 36.4 Å². The summed E-state index contributed by atoms with van der Waals surface area (Å²) in [6, 6.07) is 11.7. The number of ketones is 1. The van der Waals surface area contributed by atoms with Gasteiger partial charge in [0.25, 0.3) is 5.91 Å². The van der Waals surface area contributed by atoms with Gasteiger partial charge in [-0.25, -0.2) is 0 Å². The van der Waals surface area contributed by atoms with Crippen LogP contribution in [0.5, 0.6) is 17.2 Å². The minimum Gasteiger partial charge on any atom is -0.493 e. The number of benzene rings is 2. The molecule has 5 rings (SSSR count). The lowest BCUT2D eigenvalue weighted by Gasteiger charge is -2.50. The molecule has 40 heavy (non-hydrogen) atoms. The van der Waals surface area contributed by atoms with E-state index >= 15 is 0 Å². The molecule has 0 radical (unpaired) electrons. The highest BCUT2D eigenvalue weighted by Gasteiger charge is 2.55. The molecule has 5 unspecified atom stereocenters.